The monoisotopic (exact) mass is 248 g/mol. The van der Waals surface area contributed by atoms with E-state index in [-0.39, 0.29) is 0 Å². The molecule has 18 heavy (non-hydrogen) atoms. The minimum Gasteiger partial charge on any atom is -0.478 e. The van der Waals surface area contributed by atoms with Gasteiger partial charge in [-0.25, -0.2) is 4.98 Å². The van der Waals surface area contributed by atoms with E-state index in [4.69, 9.17) is 4.74 Å². The Labute approximate surface area is 110 Å². The molecule has 1 N–H and O–H groups in total. The molecule has 1 heterocycles. The third-order valence-corrected chi connectivity index (χ3v) is 3.10. The molecular weight excluding hydrogens is 224 g/mol. The molecule has 1 fully saturated rings. The average Bonchev–Trinajstić information content (AvgIpc) is 3.17. The van der Waals surface area contributed by atoms with Crippen molar-refractivity contribution in [2.24, 2.45) is 0 Å². The Morgan fingerprint density at radius 2 is 2.17 bits per heavy atom. The van der Waals surface area contributed by atoms with Gasteiger partial charge in [-0.3, -0.25) is 0 Å². The van der Waals surface area contributed by atoms with Crippen LogP contribution in [0.5, 0.6) is 5.88 Å². The van der Waals surface area contributed by atoms with Gasteiger partial charge in [-0.2, -0.15) is 0 Å². The fraction of sp³-hybridized carbons (Fsp3) is 0.667. The molecule has 0 bridgehead atoms. The molecule has 2 rings (SSSR count). The highest BCUT2D eigenvalue weighted by Gasteiger charge is 2.20. The summed E-state index contributed by atoms with van der Waals surface area (Å²) in [6.07, 6.45) is 3.66. The van der Waals surface area contributed by atoms with Crippen molar-refractivity contribution in [2.75, 3.05) is 6.61 Å². The highest BCUT2D eigenvalue weighted by Crippen LogP contribution is 2.22. The molecule has 0 spiro atoms. The fourth-order valence-electron chi connectivity index (χ4n) is 1.81. The van der Waals surface area contributed by atoms with Crippen LogP contribution in [0.15, 0.2) is 12.1 Å². The molecule has 1 aromatic heterocycles. The van der Waals surface area contributed by atoms with E-state index in [0.717, 1.165) is 37.2 Å². The highest BCUT2D eigenvalue weighted by atomic mass is 16.5. The molecule has 1 aliphatic rings. The van der Waals surface area contributed by atoms with E-state index in [9.17, 15) is 0 Å². The molecule has 0 atom stereocenters. The first-order valence-electron chi connectivity index (χ1n) is 7.06. The maximum atomic E-state index is 5.67. The van der Waals surface area contributed by atoms with Gasteiger partial charge < -0.3 is 10.1 Å². The Hall–Kier alpha value is -1.09. The van der Waals surface area contributed by atoms with Crippen LogP contribution in [0.25, 0.3) is 0 Å². The standard InChI is InChI=1S/C15H24N2O/c1-4-7-18-15-9-12(10-16-13-5-6-13)8-14(17-15)11(2)3/h8-9,11,13,16H,4-7,10H2,1-3H3. The van der Waals surface area contributed by atoms with Crippen LogP contribution < -0.4 is 10.1 Å². The molecule has 0 amide bonds. The molecular formula is C15H24N2O. The van der Waals surface area contributed by atoms with Crippen molar-refractivity contribution < 1.29 is 4.74 Å². The predicted octanol–water partition coefficient (Wildman–Crippen LogP) is 3.25. The molecule has 0 aliphatic heterocycles. The topological polar surface area (TPSA) is 34.1 Å². The molecule has 3 nitrogen and oxygen atoms in total. The largest absolute Gasteiger partial charge is 0.478 e. The van der Waals surface area contributed by atoms with Crippen molar-refractivity contribution in [3.05, 3.63) is 23.4 Å². The van der Waals surface area contributed by atoms with E-state index in [1.165, 1.54) is 18.4 Å². The van der Waals surface area contributed by atoms with Crippen molar-refractivity contribution in [2.45, 2.75) is 58.5 Å². The number of nitrogens with zero attached hydrogens (tertiary/aromatic N) is 1. The van der Waals surface area contributed by atoms with Gasteiger partial charge in [-0.15, -0.1) is 0 Å². The van der Waals surface area contributed by atoms with Crippen LogP contribution in [0.1, 0.15) is 57.2 Å². The second-order valence-corrected chi connectivity index (χ2v) is 5.40. The lowest BCUT2D eigenvalue weighted by molar-refractivity contribution is 0.303. The van der Waals surface area contributed by atoms with E-state index in [1.54, 1.807) is 0 Å². The summed E-state index contributed by atoms with van der Waals surface area (Å²) in [6.45, 7) is 8.12. The zero-order valence-electron chi connectivity index (χ0n) is 11.7. The molecule has 3 heteroatoms. The molecule has 0 saturated heterocycles. The first kappa shape index (κ1) is 13.3. The van der Waals surface area contributed by atoms with Crippen molar-refractivity contribution in [1.82, 2.24) is 10.3 Å². The van der Waals surface area contributed by atoms with Crippen LogP contribution in [0.2, 0.25) is 0 Å². The van der Waals surface area contributed by atoms with Crippen LogP contribution >= 0.6 is 0 Å². The molecule has 0 aromatic carbocycles. The first-order valence-corrected chi connectivity index (χ1v) is 7.06. The highest BCUT2D eigenvalue weighted by molar-refractivity contribution is 5.26. The van der Waals surface area contributed by atoms with Gasteiger partial charge in [-0.05, 0) is 36.8 Å². The number of aromatic nitrogens is 1. The number of rotatable bonds is 7. The lowest BCUT2D eigenvalue weighted by Crippen LogP contribution is -2.16. The summed E-state index contributed by atoms with van der Waals surface area (Å²) in [7, 11) is 0. The molecule has 1 aliphatic carbocycles. The van der Waals surface area contributed by atoms with Crippen LogP contribution in [0, 0.1) is 0 Å². The smallest absolute Gasteiger partial charge is 0.213 e. The lowest BCUT2D eigenvalue weighted by atomic mass is 10.1. The van der Waals surface area contributed by atoms with E-state index < -0.39 is 0 Å². The minimum absolute atomic E-state index is 0.440. The Morgan fingerprint density at radius 3 is 2.78 bits per heavy atom. The normalized spacial score (nSPS) is 15.1. The van der Waals surface area contributed by atoms with Gasteiger partial charge in [0, 0.05) is 24.3 Å². The van der Waals surface area contributed by atoms with Crippen LogP contribution in [0.3, 0.4) is 0 Å². The number of hydrogen-bond donors (Lipinski definition) is 1. The number of hydrogen-bond acceptors (Lipinski definition) is 3. The Morgan fingerprint density at radius 1 is 1.39 bits per heavy atom. The van der Waals surface area contributed by atoms with E-state index in [0.29, 0.717) is 5.92 Å². The third kappa shape index (κ3) is 3.98. The summed E-state index contributed by atoms with van der Waals surface area (Å²) in [6, 6.07) is 5.00. The summed E-state index contributed by atoms with van der Waals surface area (Å²) >= 11 is 0. The van der Waals surface area contributed by atoms with Crippen molar-refractivity contribution in [1.29, 1.82) is 0 Å². The summed E-state index contributed by atoms with van der Waals surface area (Å²) in [5, 5.41) is 3.54. The summed E-state index contributed by atoms with van der Waals surface area (Å²) < 4.78 is 5.67. The summed E-state index contributed by atoms with van der Waals surface area (Å²) in [5.41, 5.74) is 2.41. The van der Waals surface area contributed by atoms with Crippen LogP contribution in [-0.2, 0) is 6.54 Å². The maximum Gasteiger partial charge on any atom is 0.213 e. The zero-order chi connectivity index (χ0) is 13.0. The van der Waals surface area contributed by atoms with Crippen molar-refractivity contribution in [3.63, 3.8) is 0 Å². The molecule has 1 saturated carbocycles. The van der Waals surface area contributed by atoms with E-state index in [1.807, 2.05) is 0 Å². The van der Waals surface area contributed by atoms with Gasteiger partial charge >= 0.3 is 0 Å². The van der Waals surface area contributed by atoms with Crippen LogP contribution in [0.4, 0.5) is 0 Å². The molecule has 0 radical (unpaired) electrons. The van der Waals surface area contributed by atoms with Gasteiger partial charge in [0.25, 0.3) is 0 Å². The average molecular weight is 248 g/mol. The number of pyridine rings is 1. The van der Waals surface area contributed by atoms with Gasteiger partial charge in [0.15, 0.2) is 0 Å². The zero-order valence-corrected chi connectivity index (χ0v) is 11.7. The minimum atomic E-state index is 0.440. The molecule has 1 aromatic rings. The Kier molecular flexibility index (Phi) is 4.59. The maximum absolute atomic E-state index is 5.67. The van der Waals surface area contributed by atoms with Crippen molar-refractivity contribution in [3.8, 4) is 5.88 Å². The van der Waals surface area contributed by atoms with E-state index >= 15 is 0 Å². The number of nitrogens with one attached hydrogen (secondary N) is 1. The second kappa shape index (κ2) is 6.19. The predicted molar refractivity (Wildman–Crippen MR) is 74.0 cm³/mol. The number of ether oxygens (including phenoxy) is 1. The van der Waals surface area contributed by atoms with Gasteiger partial charge in [0.1, 0.15) is 0 Å². The fourth-order valence-corrected chi connectivity index (χ4v) is 1.81. The van der Waals surface area contributed by atoms with Gasteiger partial charge in [-0.1, -0.05) is 20.8 Å². The first-order chi connectivity index (χ1) is 8.69. The van der Waals surface area contributed by atoms with E-state index in [2.05, 4.69) is 43.2 Å². The van der Waals surface area contributed by atoms with Crippen LogP contribution in [-0.4, -0.2) is 17.6 Å². The lowest BCUT2D eigenvalue weighted by Gasteiger charge is -2.12. The molecule has 0 unspecified atom stereocenters. The summed E-state index contributed by atoms with van der Waals surface area (Å²) in [5.74, 6) is 1.21. The van der Waals surface area contributed by atoms with Crippen molar-refractivity contribution >= 4 is 0 Å². The quantitative estimate of drug-likeness (QED) is 0.804. The second-order valence-electron chi connectivity index (χ2n) is 5.40. The third-order valence-electron chi connectivity index (χ3n) is 3.10. The van der Waals surface area contributed by atoms with Gasteiger partial charge in [0.2, 0.25) is 5.88 Å². The Balaban J connectivity index is 2.07. The Bertz CT molecular complexity index is 386. The molecule has 100 valence electrons. The SMILES string of the molecule is CCCOc1cc(CNC2CC2)cc(C(C)C)n1. The van der Waals surface area contributed by atoms with Gasteiger partial charge in [0.05, 0.1) is 6.61 Å². The summed E-state index contributed by atoms with van der Waals surface area (Å²) in [4.78, 5) is 4.56.